The average molecular weight is 202 g/mol. The molecule has 4 nitrogen and oxygen atoms in total. The molecule has 0 aromatic heterocycles. The molecule has 0 spiro atoms. The molecular weight excluding hydrogens is 180 g/mol. The smallest absolute Gasteiger partial charge is 0.248 e. The van der Waals surface area contributed by atoms with Crippen LogP contribution >= 0.6 is 0 Å². The van der Waals surface area contributed by atoms with Crippen LogP contribution in [0.3, 0.4) is 0 Å². The Hall–Kier alpha value is -0.610. The van der Waals surface area contributed by atoms with Gasteiger partial charge in [0.25, 0.3) is 0 Å². The van der Waals surface area contributed by atoms with Crippen molar-refractivity contribution in [3.63, 3.8) is 0 Å². The Morgan fingerprint density at radius 3 is 2.36 bits per heavy atom. The molecule has 0 aliphatic heterocycles. The van der Waals surface area contributed by atoms with Gasteiger partial charge >= 0.3 is 0 Å². The van der Waals surface area contributed by atoms with Gasteiger partial charge in [0.2, 0.25) is 5.91 Å². The summed E-state index contributed by atoms with van der Waals surface area (Å²) in [5.41, 5.74) is 5.26. The second-order valence-electron chi connectivity index (χ2n) is 4.33. The Morgan fingerprint density at radius 1 is 1.50 bits per heavy atom. The predicted molar refractivity (Wildman–Crippen MR) is 57.0 cm³/mol. The van der Waals surface area contributed by atoms with E-state index in [4.69, 9.17) is 10.5 Å². The normalized spacial score (nSPS) is 11.9. The highest BCUT2D eigenvalue weighted by Crippen LogP contribution is 2.10. The van der Waals surface area contributed by atoms with Gasteiger partial charge in [-0.25, -0.2) is 0 Å². The molecule has 0 atom stereocenters. The highest BCUT2D eigenvalue weighted by Gasteiger charge is 2.25. The summed E-state index contributed by atoms with van der Waals surface area (Å²) in [4.78, 5) is 13.2. The van der Waals surface area contributed by atoms with E-state index in [1.54, 1.807) is 11.9 Å². The summed E-state index contributed by atoms with van der Waals surface area (Å²) in [6.07, 6.45) is 0.0772. The van der Waals surface area contributed by atoms with Crippen molar-refractivity contribution in [2.75, 3.05) is 20.2 Å². The highest BCUT2D eigenvalue weighted by atomic mass is 16.5. The van der Waals surface area contributed by atoms with Gasteiger partial charge in [-0.05, 0) is 27.7 Å². The van der Waals surface area contributed by atoms with E-state index in [-0.39, 0.29) is 24.2 Å². The molecule has 2 N–H and O–H groups in total. The molecule has 84 valence electrons. The minimum Gasteiger partial charge on any atom is -0.369 e. The standard InChI is InChI=1S/C10H22N2O2/c1-8(2)14-6-9(13)12(5)10(3,4)7-11/h8H,6-7,11H2,1-5H3. The van der Waals surface area contributed by atoms with Crippen LogP contribution in [0, 0.1) is 0 Å². The Morgan fingerprint density at radius 2 is 2.00 bits per heavy atom. The van der Waals surface area contributed by atoms with Gasteiger partial charge in [-0.2, -0.15) is 0 Å². The fraction of sp³-hybridized carbons (Fsp3) is 0.900. The number of amides is 1. The minimum absolute atomic E-state index is 0.0332. The minimum atomic E-state index is -0.308. The average Bonchev–Trinajstić information content (AvgIpc) is 2.12. The molecule has 0 aliphatic carbocycles. The Kier molecular flexibility index (Phi) is 5.08. The van der Waals surface area contributed by atoms with Crippen LogP contribution < -0.4 is 5.73 Å². The number of nitrogens with two attached hydrogens (primary N) is 1. The van der Waals surface area contributed by atoms with Crippen LogP contribution in [0.5, 0.6) is 0 Å². The van der Waals surface area contributed by atoms with Gasteiger partial charge in [-0.1, -0.05) is 0 Å². The number of nitrogens with zero attached hydrogens (tertiary/aromatic N) is 1. The van der Waals surface area contributed by atoms with Crippen LogP contribution in [0.25, 0.3) is 0 Å². The fourth-order valence-corrected chi connectivity index (χ4v) is 0.809. The van der Waals surface area contributed by atoms with Crippen LogP contribution in [0.4, 0.5) is 0 Å². The first-order chi connectivity index (χ1) is 6.31. The molecule has 0 aliphatic rings. The number of ether oxygens (including phenoxy) is 1. The molecule has 0 saturated heterocycles. The maximum Gasteiger partial charge on any atom is 0.248 e. The molecule has 0 rings (SSSR count). The zero-order valence-electron chi connectivity index (χ0n) is 9.83. The lowest BCUT2D eigenvalue weighted by molar-refractivity contribution is -0.140. The zero-order valence-corrected chi connectivity index (χ0v) is 9.83. The first kappa shape index (κ1) is 13.4. The van der Waals surface area contributed by atoms with Crippen molar-refractivity contribution in [2.24, 2.45) is 5.73 Å². The van der Waals surface area contributed by atoms with E-state index in [0.29, 0.717) is 6.54 Å². The third kappa shape index (κ3) is 4.07. The summed E-state index contributed by atoms with van der Waals surface area (Å²) in [6, 6.07) is 0. The van der Waals surface area contributed by atoms with Gasteiger partial charge in [0, 0.05) is 19.1 Å². The van der Waals surface area contributed by atoms with Gasteiger partial charge in [0.05, 0.1) is 6.10 Å². The summed E-state index contributed by atoms with van der Waals surface area (Å²) in [5, 5.41) is 0. The van der Waals surface area contributed by atoms with Crippen molar-refractivity contribution in [1.29, 1.82) is 0 Å². The maximum atomic E-state index is 11.6. The molecular formula is C10H22N2O2. The second-order valence-corrected chi connectivity index (χ2v) is 4.33. The quantitative estimate of drug-likeness (QED) is 0.710. The van der Waals surface area contributed by atoms with Crippen molar-refractivity contribution >= 4 is 5.91 Å². The third-order valence-electron chi connectivity index (χ3n) is 2.32. The lowest BCUT2D eigenvalue weighted by Crippen LogP contribution is -2.51. The molecule has 0 aromatic rings. The van der Waals surface area contributed by atoms with Gasteiger partial charge < -0.3 is 15.4 Å². The SMILES string of the molecule is CC(C)OCC(=O)N(C)C(C)(C)CN. The Balaban J connectivity index is 4.12. The number of rotatable bonds is 5. The van der Waals surface area contributed by atoms with E-state index in [0.717, 1.165) is 0 Å². The lowest BCUT2D eigenvalue weighted by atomic mass is 10.0. The van der Waals surface area contributed by atoms with Gasteiger partial charge in [-0.3, -0.25) is 4.79 Å². The monoisotopic (exact) mass is 202 g/mol. The number of carbonyl (C=O) groups is 1. The largest absolute Gasteiger partial charge is 0.369 e. The molecule has 0 heterocycles. The van der Waals surface area contributed by atoms with E-state index in [9.17, 15) is 4.79 Å². The van der Waals surface area contributed by atoms with E-state index in [2.05, 4.69) is 0 Å². The van der Waals surface area contributed by atoms with Crippen molar-refractivity contribution < 1.29 is 9.53 Å². The molecule has 0 bridgehead atoms. The highest BCUT2D eigenvalue weighted by molar-refractivity contribution is 5.78. The molecule has 1 amide bonds. The van der Waals surface area contributed by atoms with Crippen molar-refractivity contribution in [3.8, 4) is 0 Å². The molecule has 0 unspecified atom stereocenters. The van der Waals surface area contributed by atoms with Gasteiger partial charge in [0.15, 0.2) is 0 Å². The number of likely N-dealkylation sites (N-methyl/N-ethyl adjacent to an activating group) is 1. The fourth-order valence-electron chi connectivity index (χ4n) is 0.809. The summed E-state index contributed by atoms with van der Waals surface area (Å²) in [5.74, 6) is -0.0332. The van der Waals surface area contributed by atoms with Crippen LogP contribution in [0.2, 0.25) is 0 Å². The molecule has 0 fully saturated rings. The summed E-state index contributed by atoms with van der Waals surface area (Å²) < 4.78 is 5.23. The first-order valence-corrected chi connectivity index (χ1v) is 4.89. The van der Waals surface area contributed by atoms with E-state index >= 15 is 0 Å². The van der Waals surface area contributed by atoms with Gasteiger partial charge in [0.1, 0.15) is 6.61 Å². The zero-order chi connectivity index (χ0) is 11.4. The summed E-state index contributed by atoms with van der Waals surface area (Å²) >= 11 is 0. The van der Waals surface area contributed by atoms with Crippen molar-refractivity contribution in [3.05, 3.63) is 0 Å². The lowest BCUT2D eigenvalue weighted by Gasteiger charge is -2.34. The second kappa shape index (κ2) is 5.32. The molecule has 0 aromatic carbocycles. The number of carbonyl (C=O) groups excluding carboxylic acids is 1. The van der Waals surface area contributed by atoms with E-state index < -0.39 is 0 Å². The third-order valence-corrected chi connectivity index (χ3v) is 2.32. The Bertz CT molecular complexity index is 191. The molecule has 14 heavy (non-hydrogen) atoms. The predicted octanol–water partition coefficient (Wildman–Crippen LogP) is 0.607. The van der Waals surface area contributed by atoms with Crippen molar-refractivity contribution in [2.45, 2.75) is 39.3 Å². The molecule has 0 radical (unpaired) electrons. The van der Waals surface area contributed by atoms with E-state index in [1.807, 2.05) is 27.7 Å². The summed E-state index contributed by atoms with van der Waals surface area (Å²) in [7, 11) is 1.75. The van der Waals surface area contributed by atoms with Crippen LogP contribution in [-0.4, -0.2) is 42.6 Å². The number of hydrogen-bond donors (Lipinski definition) is 1. The van der Waals surface area contributed by atoms with Crippen molar-refractivity contribution in [1.82, 2.24) is 4.90 Å². The topological polar surface area (TPSA) is 55.6 Å². The summed E-state index contributed by atoms with van der Waals surface area (Å²) in [6.45, 7) is 8.23. The van der Waals surface area contributed by atoms with Crippen LogP contribution in [0.1, 0.15) is 27.7 Å². The van der Waals surface area contributed by atoms with Crippen LogP contribution in [-0.2, 0) is 9.53 Å². The van der Waals surface area contributed by atoms with Crippen LogP contribution in [0.15, 0.2) is 0 Å². The van der Waals surface area contributed by atoms with E-state index in [1.165, 1.54) is 0 Å². The first-order valence-electron chi connectivity index (χ1n) is 4.89. The molecule has 0 saturated carbocycles. The van der Waals surface area contributed by atoms with Gasteiger partial charge in [-0.15, -0.1) is 0 Å². The number of hydrogen-bond acceptors (Lipinski definition) is 3. The Labute approximate surface area is 86.4 Å². The maximum absolute atomic E-state index is 11.6. The molecule has 4 heteroatoms.